The van der Waals surface area contributed by atoms with Crippen molar-refractivity contribution in [3.05, 3.63) is 83.8 Å². The highest BCUT2D eigenvalue weighted by atomic mass is 19.4. The fraction of sp³-hybridized carbons (Fsp3) is 0.143. The number of benzene rings is 1. The van der Waals surface area contributed by atoms with Gasteiger partial charge in [-0.3, -0.25) is 14.6 Å². The van der Waals surface area contributed by atoms with E-state index in [0.29, 0.717) is 16.9 Å². The number of nitrogens with zero attached hydrogens (tertiary/aromatic N) is 2. The first kappa shape index (κ1) is 21.8. The molecular weight excluding hydrogens is 413 g/mol. The number of amides is 2. The van der Waals surface area contributed by atoms with Crippen molar-refractivity contribution in [1.29, 1.82) is 0 Å². The van der Waals surface area contributed by atoms with Gasteiger partial charge in [0, 0.05) is 29.7 Å². The van der Waals surface area contributed by atoms with E-state index in [0.717, 1.165) is 6.20 Å². The van der Waals surface area contributed by atoms with Gasteiger partial charge in [0.2, 0.25) is 5.88 Å². The second-order valence-corrected chi connectivity index (χ2v) is 6.33. The van der Waals surface area contributed by atoms with Gasteiger partial charge in [0.25, 0.3) is 11.8 Å². The number of pyridine rings is 2. The summed E-state index contributed by atoms with van der Waals surface area (Å²) in [6, 6.07) is 14.1. The molecule has 0 spiro atoms. The zero-order chi connectivity index (χ0) is 22.3. The molecule has 2 amide bonds. The average molecular weight is 430 g/mol. The van der Waals surface area contributed by atoms with Crippen LogP contribution in [0.1, 0.15) is 26.4 Å². The van der Waals surface area contributed by atoms with Crippen LogP contribution in [0.4, 0.5) is 18.9 Å². The van der Waals surface area contributed by atoms with E-state index >= 15 is 0 Å². The topological polar surface area (TPSA) is 93.2 Å². The second-order valence-electron chi connectivity index (χ2n) is 6.33. The SMILES string of the molecule is O=C(NCc1ccccn1)c1cccc(NC(=O)c2ccc(OCC(F)(F)F)nc2)c1. The summed E-state index contributed by atoms with van der Waals surface area (Å²) in [6.45, 7) is -1.22. The molecule has 0 aliphatic carbocycles. The smallest absolute Gasteiger partial charge is 0.422 e. The van der Waals surface area contributed by atoms with Crippen LogP contribution < -0.4 is 15.4 Å². The van der Waals surface area contributed by atoms with Gasteiger partial charge in [-0.1, -0.05) is 12.1 Å². The quantitative estimate of drug-likeness (QED) is 0.598. The lowest BCUT2D eigenvalue weighted by Crippen LogP contribution is -2.23. The fourth-order valence-corrected chi connectivity index (χ4v) is 2.47. The summed E-state index contributed by atoms with van der Waals surface area (Å²) in [5, 5.41) is 5.35. The van der Waals surface area contributed by atoms with Crippen molar-refractivity contribution in [3.63, 3.8) is 0 Å². The number of carbonyl (C=O) groups excluding carboxylic acids is 2. The van der Waals surface area contributed by atoms with Crippen LogP contribution in [0.3, 0.4) is 0 Å². The van der Waals surface area contributed by atoms with E-state index < -0.39 is 18.7 Å². The Labute approximate surface area is 175 Å². The molecule has 2 heterocycles. The van der Waals surface area contributed by atoms with Crippen molar-refractivity contribution in [3.8, 4) is 5.88 Å². The molecule has 10 heteroatoms. The van der Waals surface area contributed by atoms with Gasteiger partial charge >= 0.3 is 6.18 Å². The maximum atomic E-state index is 12.4. The normalized spacial score (nSPS) is 10.9. The highest BCUT2D eigenvalue weighted by Crippen LogP contribution is 2.18. The number of anilines is 1. The average Bonchev–Trinajstić information content (AvgIpc) is 2.77. The molecule has 2 aromatic heterocycles. The molecule has 1 aromatic carbocycles. The van der Waals surface area contributed by atoms with Crippen molar-refractivity contribution < 1.29 is 27.5 Å². The largest absolute Gasteiger partial charge is 0.468 e. The highest BCUT2D eigenvalue weighted by Gasteiger charge is 2.28. The third-order valence-corrected chi connectivity index (χ3v) is 3.92. The number of ether oxygens (including phenoxy) is 1. The molecule has 0 unspecified atom stereocenters. The minimum absolute atomic E-state index is 0.115. The van der Waals surface area contributed by atoms with Crippen molar-refractivity contribution in [2.75, 3.05) is 11.9 Å². The molecule has 0 saturated carbocycles. The first-order valence-electron chi connectivity index (χ1n) is 9.05. The summed E-state index contributed by atoms with van der Waals surface area (Å²) in [5.74, 6) is -1.13. The molecule has 160 valence electrons. The zero-order valence-corrected chi connectivity index (χ0v) is 16.0. The van der Waals surface area contributed by atoms with Crippen LogP contribution in [-0.4, -0.2) is 34.6 Å². The Bertz CT molecular complexity index is 1040. The minimum Gasteiger partial charge on any atom is -0.468 e. The van der Waals surface area contributed by atoms with Gasteiger partial charge in [-0.15, -0.1) is 0 Å². The van der Waals surface area contributed by atoms with Gasteiger partial charge in [-0.05, 0) is 36.4 Å². The Morgan fingerprint density at radius 2 is 1.77 bits per heavy atom. The standard InChI is InChI=1S/C21H17F3N4O3/c22-21(23,24)13-31-18-8-7-15(11-26-18)20(30)28-16-6-3-4-14(10-16)19(29)27-12-17-5-1-2-9-25-17/h1-11H,12-13H2,(H,27,29)(H,28,30). The van der Waals surface area contributed by atoms with Crippen LogP contribution in [0.15, 0.2) is 67.0 Å². The highest BCUT2D eigenvalue weighted by molar-refractivity contribution is 6.05. The van der Waals surface area contributed by atoms with Crippen molar-refractivity contribution in [2.24, 2.45) is 0 Å². The van der Waals surface area contributed by atoms with Crippen LogP contribution in [0.25, 0.3) is 0 Å². The van der Waals surface area contributed by atoms with Gasteiger partial charge < -0.3 is 15.4 Å². The first-order valence-corrected chi connectivity index (χ1v) is 9.05. The maximum Gasteiger partial charge on any atom is 0.422 e. The lowest BCUT2D eigenvalue weighted by molar-refractivity contribution is -0.154. The molecule has 0 bridgehead atoms. The molecule has 2 N–H and O–H groups in total. The molecule has 3 rings (SSSR count). The molecule has 0 radical (unpaired) electrons. The number of nitrogens with one attached hydrogen (secondary N) is 2. The van der Waals surface area contributed by atoms with Gasteiger partial charge in [0.1, 0.15) is 0 Å². The Morgan fingerprint density at radius 3 is 2.45 bits per heavy atom. The van der Waals surface area contributed by atoms with Crippen molar-refractivity contribution >= 4 is 17.5 Å². The van der Waals surface area contributed by atoms with Crippen LogP contribution >= 0.6 is 0 Å². The zero-order valence-electron chi connectivity index (χ0n) is 16.0. The summed E-state index contributed by atoms with van der Waals surface area (Å²) in [7, 11) is 0. The third kappa shape index (κ3) is 6.81. The fourth-order valence-electron chi connectivity index (χ4n) is 2.47. The Kier molecular flexibility index (Phi) is 6.81. The second kappa shape index (κ2) is 9.70. The number of aromatic nitrogens is 2. The van der Waals surface area contributed by atoms with Gasteiger partial charge in [-0.25, -0.2) is 4.98 Å². The molecular formula is C21H17F3N4O3. The first-order chi connectivity index (χ1) is 14.8. The van der Waals surface area contributed by atoms with Gasteiger partial charge in [0.05, 0.1) is 17.8 Å². The van der Waals surface area contributed by atoms with E-state index in [1.165, 1.54) is 18.2 Å². The molecule has 7 nitrogen and oxygen atoms in total. The van der Waals surface area contributed by atoms with E-state index in [-0.39, 0.29) is 23.9 Å². The summed E-state index contributed by atoms with van der Waals surface area (Å²) in [4.78, 5) is 32.5. The van der Waals surface area contributed by atoms with E-state index in [4.69, 9.17) is 0 Å². The number of carbonyl (C=O) groups is 2. The minimum atomic E-state index is -4.48. The van der Waals surface area contributed by atoms with E-state index in [2.05, 4.69) is 25.3 Å². The van der Waals surface area contributed by atoms with Crippen LogP contribution in [0.5, 0.6) is 5.88 Å². The predicted octanol–water partition coefficient (Wildman–Crippen LogP) is 3.60. The van der Waals surface area contributed by atoms with Crippen molar-refractivity contribution in [2.45, 2.75) is 12.7 Å². The molecule has 0 fully saturated rings. The Balaban J connectivity index is 1.58. The number of rotatable bonds is 7. The summed E-state index contributed by atoms with van der Waals surface area (Å²) < 4.78 is 41.0. The number of hydrogen-bond acceptors (Lipinski definition) is 5. The molecule has 0 aliphatic heterocycles. The lowest BCUT2D eigenvalue weighted by Gasteiger charge is -2.10. The lowest BCUT2D eigenvalue weighted by atomic mass is 10.1. The molecule has 0 saturated heterocycles. The molecule has 3 aromatic rings. The van der Waals surface area contributed by atoms with E-state index in [1.807, 2.05) is 6.07 Å². The molecule has 0 aliphatic rings. The van der Waals surface area contributed by atoms with Gasteiger partial charge in [0.15, 0.2) is 6.61 Å². The van der Waals surface area contributed by atoms with Crippen molar-refractivity contribution in [1.82, 2.24) is 15.3 Å². The van der Waals surface area contributed by atoms with Crippen LogP contribution in [-0.2, 0) is 6.54 Å². The third-order valence-electron chi connectivity index (χ3n) is 3.92. The Morgan fingerprint density at radius 1 is 0.935 bits per heavy atom. The monoisotopic (exact) mass is 430 g/mol. The van der Waals surface area contributed by atoms with Crippen LogP contribution in [0.2, 0.25) is 0 Å². The summed E-state index contributed by atoms with van der Waals surface area (Å²) in [6.07, 6.45) is -1.75. The number of alkyl halides is 3. The van der Waals surface area contributed by atoms with Gasteiger partial charge in [-0.2, -0.15) is 13.2 Å². The Hall–Kier alpha value is -3.95. The number of hydrogen-bond donors (Lipinski definition) is 2. The molecule has 0 atom stereocenters. The summed E-state index contributed by atoms with van der Waals surface area (Å²) >= 11 is 0. The maximum absolute atomic E-state index is 12.4. The predicted molar refractivity (Wildman–Crippen MR) is 106 cm³/mol. The molecule has 31 heavy (non-hydrogen) atoms. The van der Waals surface area contributed by atoms with E-state index in [1.54, 1.807) is 36.5 Å². The van der Waals surface area contributed by atoms with Crippen LogP contribution in [0, 0.1) is 0 Å². The van der Waals surface area contributed by atoms with E-state index in [9.17, 15) is 22.8 Å². The number of halogens is 3. The summed E-state index contributed by atoms with van der Waals surface area (Å²) in [5.41, 5.74) is 1.52.